The maximum atomic E-state index is 4.58. The number of nitrogens with zero attached hydrogens (tertiary/aromatic N) is 3. The molecule has 0 aliphatic carbocycles. The van der Waals surface area contributed by atoms with Crippen LogP contribution in [0.2, 0.25) is 0 Å². The standard InChI is InChI=1S/C16H31N5/c1-15(2,3)14-18-13(19-20-14)11-17-12-7-9-21(10-8-12)16(4,5)6/h12,17H,7-11H2,1-6H3,(H,18,19,20). The molecule has 5 heteroatoms. The molecule has 1 aliphatic heterocycles. The molecule has 2 heterocycles. The van der Waals surface area contributed by atoms with E-state index in [1.54, 1.807) is 0 Å². The zero-order valence-electron chi connectivity index (χ0n) is 14.5. The van der Waals surface area contributed by atoms with Crippen molar-refractivity contribution < 1.29 is 0 Å². The van der Waals surface area contributed by atoms with E-state index >= 15 is 0 Å². The normalized spacial score (nSPS) is 19.1. The molecule has 0 radical (unpaired) electrons. The van der Waals surface area contributed by atoms with Gasteiger partial charge in [-0.3, -0.25) is 10.00 Å². The van der Waals surface area contributed by atoms with Gasteiger partial charge in [0.15, 0.2) is 5.82 Å². The van der Waals surface area contributed by atoms with Crippen LogP contribution >= 0.6 is 0 Å². The van der Waals surface area contributed by atoms with Gasteiger partial charge in [0.1, 0.15) is 5.82 Å². The molecule has 0 atom stereocenters. The third kappa shape index (κ3) is 4.51. The molecule has 0 aromatic carbocycles. The van der Waals surface area contributed by atoms with Crippen molar-refractivity contribution in [2.45, 2.75) is 77.9 Å². The molecule has 120 valence electrons. The fourth-order valence-electron chi connectivity index (χ4n) is 2.71. The molecule has 0 saturated carbocycles. The molecule has 1 aliphatic rings. The van der Waals surface area contributed by atoms with Gasteiger partial charge in [-0.05, 0) is 33.6 Å². The first-order valence-corrected chi connectivity index (χ1v) is 8.06. The number of H-pyrrole nitrogens is 1. The van der Waals surface area contributed by atoms with Gasteiger partial charge in [-0.2, -0.15) is 5.10 Å². The van der Waals surface area contributed by atoms with E-state index in [2.05, 4.69) is 66.9 Å². The molecule has 0 amide bonds. The Morgan fingerprint density at radius 2 is 1.76 bits per heavy atom. The van der Waals surface area contributed by atoms with Crippen LogP contribution in [-0.2, 0) is 12.0 Å². The van der Waals surface area contributed by atoms with E-state index in [1.165, 1.54) is 25.9 Å². The number of aromatic nitrogens is 3. The Hall–Kier alpha value is -0.940. The van der Waals surface area contributed by atoms with Crippen LogP contribution in [0.5, 0.6) is 0 Å². The fourth-order valence-corrected chi connectivity index (χ4v) is 2.71. The topological polar surface area (TPSA) is 56.8 Å². The van der Waals surface area contributed by atoms with Crippen molar-refractivity contribution in [2.75, 3.05) is 13.1 Å². The number of piperidine rings is 1. The highest BCUT2D eigenvalue weighted by atomic mass is 15.2. The van der Waals surface area contributed by atoms with Crippen molar-refractivity contribution >= 4 is 0 Å². The van der Waals surface area contributed by atoms with Gasteiger partial charge in [0.25, 0.3) is 0 Å². The van der Waals surface area contributed by atoms with E-state index in [0.29, 0.717) is 6.04 Å². The van der Waals surface area contributed by atoms with Crippen LogP contribution < -0.4 is 5.32 Å². The van der Waals surface area contributed by atoms with E-state index in [0.717, 1.165) is 18.2 Å². The summed E-state index contributed by atoms with van der Waals surface area (Å²) < 4.78 is 0. The first-order chi connectivity index (χ1) is 9.66. The monoisotopic (exact) mass is 293 g/mol. The summed E-state index contributed by atoms with van der Waals surface area (Å²) in [7, 11) is 0. The van der Waals surface area contributed by atoms with Crippen molar-refractivity contribution in [1.29, 1.82) is 0 Å². The molecule has 1 fully saturated rings. The maximum Gasteiger partial charge on any atom is 0.156 e. The highest BCUT2D eigenvalue weighted by Crippen LogP contribution is 2.20. The Morgan fingerprint density at radius 1 is 1.14 bits per heavy atom. The predicted molar refractivity (Wildman–Crippen MR) is 86.3 cm³/mol. The number of rotatable bonds is 3. The Bertz CT molecular complexity index is 444. The molecule has 21 heavy (non-hydrogen) atoms. The highest BCUT2D eigenvalue weighted by Gasteiger charge is 2.27. The van der Waals surface area contributed by atoms with Gasteiger partial charge in [-0.15, -0.1) is 0 Å². The van der Waals surface area contributed by atoms with Gasteiger partial charge in [-0.25, -0.2) is 4.98 Å². The average Bonchev–Trinajstić information content (AvgIpc) is 2.84. The van der Waals surface area contributed by atoms with Crippen LogP contribution in [0, 0.1) is 0 Å². The highest BCUT2D eigenvalue weighted by molar-refractivity contribution is 5.02. The summed E-state index contributed by atoms with van der Waals surface area (Å²) >= 11 is 0. The summed E-state index contributed by atoms with van der Waals surface area (Å²) in [5, 5.41) is 11.0. The minimum Gasteiger partial charge on any atom is -0.307 e. The van der Waals surface area contributed by atoms with E-state index in [1.807, 2.05) is 0 Å². The van der Waals surface area contributed by atoms with Gasteiger partial charge >= 0.3 is 0 Å². The number of hydrogen-bond donors (Lipinski definition) is 2. The first-order valence-electron chi connectivity index (χ1n) is 8.06. The van der Waals surface area contributed by atoms with Crippen LogP contribution in [0.3, 0.4) is 0 Å². The lowest BCUT2D eigenvalue weighted by Gasteiger charge is -2.41. The number of nitrogens with one attached hydrogen (secondary N) is 2. The summed E-state index contributed by atoms with van der Waals surface area (Å²) in [6, 6.07) is 0.590. The van der Waals surface area contributed by atoms with Gasteiger partial charge in [-0.1, -0.05) is 20.8 Å². The number of aromatic amines is 1. The van der Waals surface area contributed by atoms with Crippen molar-refractivity contribution in [3.05, 3.63) is 11.6 Å². The molecule has 1 aromatic heterocycles. The third-order valence-corrected chi connectivity index (χ3v) is 4.20. The first kappa shape index (κ1) is 16.4. The van der Waals surface area contributed by atoms with Crippen molar-refractivity contribution in [2.24, 2.45) is 0 Å². The number of hydrogen-bond acceptors (Lipinski definition) is 4. The lowest BCUT2D eigenvalue weighted by molar-refractivity contribution is 0.0959. The van der Waals surface area contributed by atoms with Gasteiger partial charge < -0.3 is 5.32 Å². The lowest BCUT2D eigenvalue weighted by atomic mass is 9.96. The molecule has 2 N–H and O–H groups in total. The second-order valence-corrected chi connectivity index (χ2v) is 8.17. The Morgan fingerprint density at radius 3 is 2.24 bits per heavy atom. The van der Waals surface area contributed by atoms with Crippen LogP contribution in [0.25, 0.3) is 0 Å². The van der Waals surface area contributed by atoms with E-state index in [-0.39, 0.29) is 11.0 Å². The predicted octanol–water partition coefficient (Wildman–Crippen LogP) is 2.45. The van der Waals surface area contributed by atoms with E-state index in [9.17, 15) is 0 Å². The minimum absolute atomic E-state index is 0.00674. The van der Waals surface area contributed by atoms with E-state index in [4.69, 9.17) is 0 Å². The van der Waals surface area contributed by atoms with Gasteiger partial charge in [0.2, 0.25) is 0 Å². The summed E-state index contributed by atoms with van der Waals surface area (Å²) in [6.45, 7) is 16.4. The average molecular weight is 293 g/mol. The Kier molecular flexibility index (Phi) is 4.73. The smallest absolute Gasteiger partial charge is 0.156 e. The summed E-state index contributed by atoms with van der Waals surface area (Å²) in [5.74, 6) is 1.83. The third-order valence-electron chi connectivity index (χ3n) is 4.20. The minimum atomic E-state index is 0.00674. The SMILES string of the molecule is CC(C)(C)c1n[nH]c(CNC2CCN(C(C)(C)C)CC2)n1. The van der Waals surface area contributed by atoms with Crippen molar-refractivity contribution in [3.8, 4) is 0 Å². The summed E-state index contributed by atoms with van der Waals surface area (Å²) in [4.78, 5) is 7.15. The largest absolute Gasteiger partial charge is 0.307 e. The molecular weight excluding hydrogens is 262 g/mol. The fraction of sp³-hybridized carbons (Fsp3) is 0.875. The van der Waals surface area contributed by atoms with Crippen LogP contribution in [0.4, 0.5) is 0 Å². The molecular formula is C16H31N5. The zero-order chi connectivity index (χ0) is 15.7. The lowest BCUT2D eigenvalue weighted by Crippen LogP contribution is -2.49. The summed E-state index contributed by atoms with van der Waals surface area (Å²) in [5.41, 5.74) is 0.296. The molecule has 0 spiro atoms. The summed E-state index contributed by atoms with van der Waals surface area (Å²) in [6.07, 6.45) is 2.41. The molecule has 0 bridgehead atoms. The van der Waals surface area contributed by atoms with E-state index < -0.39 is 0 Å². The number of likely N-dealkylation sites (tertiary alicyclic amines) is 1. The molecule has 0 unspecified atom stereocenters. The molecule has 1 aromatic rings. The van der Waals surface area contributed by atoms with Crippen LogP contribution in [0.15, 0.2) is 0 Å². The quantitative estimate of drug-likeness (QED) is 0.899. The van der Waals surface area contributed by atoms with Gasteiger partial charge in [0, 0.05) is 30.1 Å². The second-order valence-electron chi connectivity index (χ2n) is 8.17. The van der Waals surface area contributed by atoms with Crippen LogP contribution in [-0.4, -0.2) is 44.8 Å². The van der Waals surface area contributed by atoms with Crippen molar-refractivity contribution in [1.82, 2.24) is 25.4 Å². The van der Waals surface area contributed by atoms with Crippen LogP contribution in [0.1, 0.15) is 66.0 Å². The van der Waals surface area contributed by atoms with Gasteiger partial charge in [0.05, 0.1) is 6.54 Å². The molecule has 2 rings (SSSR count). The molecule has 1 saturated heterocycles. The Balaban J connectivity index is 1.79. The molecule has 5 nitrogen and oxygen atoms in total. The zero-order valence-corrected chi connectivity index (χ0v) is 14.5. The maximum absolute atomic E-state index is 4.58. The van der Waals surface area contributed by atoms with Crippen molar-refractivity contribution in [3.63, 3.8) is 0 Å². The second kappa shape index (κ2) is 6.05. The Labute approximate surface area is 128 Å².